The van der Waals surface area contributed by atoms with Crippen LogP contribution in [0.3, 0.4) is 0 Å². The summed E-state index contributed by atoms with van der Waals surface area (Å²) < 4.78 is 51.1. The number of amides is 3. The van der Waals surface area contributed by atoms with E-state index >= 15 is 0 Å². The van der Waals surface area contributed by atoms with Crippen LogP contribution < -0.4 is 31.2 Å². The summed E-state index contributed by atoms with van der Waals surface area (Å²) in [5, 5.41) is 6.89. The molecule has 0 aliphatic carbocycles. The monoisotopic (exact) mass is 551 g/mol. The number of urea groups is 1. The van der Waals surface area contributed by atoms with Gasteiger partial charge in [-0.15, -0.1) is 0 Å². The molecule has 0 bridgehead atoms. The van der Waals surface area contributed by atoms with E-state index in [9.17, 15) is 22.8 Å². The molecule has 202 valence electrons. The van der Waals surface area contributed by atoms with Gasteiger partial charge in [-0.25, -0.2) is 4.79 Å². The number of ether oxygens (including phenoxy) is 2. The summed E-state index contributed by atoms with van der Waals surface area (Å²) in [6, 6.07) is 10.8. The van der Waals surface area contributed by atoms with Crippen molar-refractivity contribution < 1.29 is 32.2 Å². The van der Waals surface area contributed by atoms with Crippen LogP contribution in [0.25, 0.3) is 0 Å². The Morgan fingerprint density at radius 2 is 1.82 bits per heavy atom. The number of pyridine rings is 1. The quantitative estimate of drug-likeness (QED) is 0.264. The molecule has 0 aliphatic heterocycles. The van der Waals surface area contributed by atoms with Gasteiger partial charge in [0.05, 0.1) is 22.9 Å². The molecule has 0 unspecified atom stereocenters. The Morgan fingerprint density at radius 3 is 2.47 bits per heavy atom. The summed E-state index contributed by atoms with van der Waals surface area (Å²) in [6.07, 6.45) is -2.81. The molecule has 5 N–H and O–H groups in total. The second-order valence-corrected chi connectivity index (χ2v) is 8.23. The van der Waals surface area contributed by atoms with Crippen LogP contribution in [0.4, 0.5) is 23.7 Å². The van der Waals surface area contributed by atoms with Crippen molar-refractivity contribution in [2.45, 2.75) is 19.1 Å². The first kappa shape index (κ1) is 28.5. The molecule has 1 heterocycles. The summed E-state index contributed by atoms with van der Waals surface area (Å²) in [5.74, 6) is 0.531. The third kappa shape index (κ3) is 7.98. The molecule has 3 aromatic rings. The van der Waals surface area contributed by atoms with Crippen LogP contribution in [0.5, 0.6) is 17.2 Å². The standard InChI is InChI=1S/C25H25ClF3N5O4/c1-31-23(35)21-11-17(7-9-32-21)38-16-5-3-15(4-6-16)14-33-24(36)34-20-12-18(25(27,28)29)19(26)13-22(20)37-10-2-8-30/h3-7,9,11-13H,2,8,10,14,30H2,1H3,(H,31,35)(H2,33,34,36). The highest BCUT2D eigenvalue weighted by molar-refractivity contribution is 6.31. The third-order valence-corrected chi connectivity index (χ3v) is 5.34. The molecule has 0 atom stereocenters. The first-order valence-corrected chi connectivity index (χ1v) is 11.7. The Morgan fingerprint density at radius 1 is 1.08 bits per heavy atom. The largest absolute Gasteiger partial charge is 0.491 e. The maximum absolute atomic E-state index is 13.3. The van der Waals surface area contributed by atoms with Crippen LogP contribution >= 0.6 is 11.6 Å². The minimum absolute atomic E-state index is 0.0104. The maximum Gasteiger partial charge on any atom is 0.417 e. The number of rotatable bonds is 10. The van der Waals surface area contributed by atoms with E-state index in [4.69, 9.17) is 26.8 Å². The molecule has 3 amide bonds. The van der Waals surface area contributed by atoms with Crippen LogP contribution in [-0.2, 0) is 12.7 Å². The number of halogens is 4. The highest BCUT2D eigenvalue weighted by atomic mass is 35.5. The van der Waals surface area contributed by atoms with Gasteiger partial charge < -0.3 is 31.2 Å². The van der Waals surface area contributed by atoms with Crippen molar-refractivity contribution in [1.82, 2.24) is 15.6 Å². The van der Waals surface area contributed by atoms with Crippen molar-refractivity contribution in [3.05, 3.63) is 76.6 Å². The van der Waals surface area contributed by atoms with E-state index in [2.05, 4.69) is 20.9 Å². The van der Waals surface area contributed by atoms with Crippen LogP contribution in [0.2, 0.25) is 5.02 Å². The van der Waals surface area contributed by atoms with E-state index in [1.165, 1.54) is 19.3 Å². The summed E-state index contributed by atoms with van der Waals surface area (Å²) >= 11 is 5.78. The van der Waals surface area contributed by atoms with Gasteiger partial charge in [0.2, 0.25) is 0 Å². The highest BCUT2D eigenvalue weighted by Crippen LogP contribution is 2.40. The zero-order valence-corrected chi connectivity index (χ0v) is 20.9. The van der Waals surface area contributed by atoms with Gasteiger partial charge in [-0.2, -0.15) is 13.2 Å². The Kier molecular flexibility index (Phi) is 9.74. The number of hydrogen-bond acceptors (Lipinski definition) is 6. The van der Waals surface area contributed by atoms with Crippen molar-refractivity contribution >= 4 is 29.2 Å². The predicted molar refractivity (Wildman–Crippen MR) is 136 cm³/mol. The molecule has 3 rings (SSSR count). The van der Waals surface area contributed by atoms with Gasteiger partial charge in [-0.3, -0.25) is 9.78 Å². The number of carbonyl (C=O) groups is 2. The Hall–Kier alpha value is -4.03. The van der Waals surface area contributed by atoms with Crippen molar-refractivity contribution in [3.8, 4) is 17.2 Å². The Labute approximate surface area is 221 Å². The van der Waals surface area contributed by atoms with Crippen LogP contribution in [0.15, 0.2) is 54.7 Å². The molecular weight excluding hydrogens is 527 g/mol. The van der Waals surface area contributed by atoms with Gasteiger partial charge in [-0.05, 0) is 42.8 Å². The lowest BCUT2D eigenvalue weighted by molar-refractivity contribution is -0.137. The Bertz CT molecular complexity index is 1270. The average molecular weight is 552 g/mol. The van der Waals surface area contributed by atoms with Crippen molar-refractivity contribution in [3.63, 3.8) is 0 Å². The molecule has 0 saturated carbocycles. The summed E-state index contributed by atoms with van der Waals surface area (Å²) in [7, 11) is 1.50. The molecular formula is C25H25ClF3N5O4. The number of nitrogens with one attached hydrogen (secondary N) is 3. The smallest absolute Gasteiger partial charge is 0.417 e. The first-order valence-electron chi connectivity index (χ1n) is 11.3. The normalized spacial score (nSPS) is 11.0. The van der Waals surface area contributed by atoms with Crippen LogP contribution in [0, 0.1) is 0 Å². The fourth-order valence-electron chi connectivity index (χ4n) is 3.14. The van der Waals surface area contributed by atoms with E-state index < -0.39 is 22.8 Å². The zero-order valence-electron chi connectivity index (χ0n) is 20.2. The second-order valence-electron chi connectivity index (χ2n) is 7.83. The summed E-state index contributed by atoms with van der Waals surface area (Å²) in [5.41, 5.74) is 5.03. The van der Waals surface area contributed by atoms with Crippen LogP contribution in [-0.4, -0.2) is 37.1 Å². The van der Waals surface area contributed by atoms with E-state index in [1.54, 1.807) is 30.3 Å². The molecule has 0 spiro atoms. The molecule has 2 aromatic carbocycles. The molecule has 0 fully saturated rings. The van der Waals surface area contributed by atoms with Crippen molar-refractivity contribution in [2.75, 3.05) is 25.5 Å². The molecule has 1 aromatic heterocycles. The SMILES string of the molecule is CNC(=O)c1cc(Oc2ccc(CNC(=O)Nc3cc(C(F)(F)F)c(Cl)cc3OCCCN)cc2)ccn1. The van der Waals surface area contributed by atoms with Gasteiger partial charge in [0, 0.05) is 31.9 Å². The number of nitrogens with zero attached hydrogens (tertiary/aromatic N) is 1. The molecule has 0 radical (unpaired) electrons. The zero-order chi connectivity index (χ0) is 27.7. The number of nitrogens with two attached hydrogens (primary N) is 1. The van der Waals surface area contributed by atoms with Gasteiger partial charge in [0.1, 0.15) is 22.9 Å². The van der Waals surface area contributed by atoms with E-state index in [-0.39, 0.29) is 36.2 Å². The molecule has 9 nitrogen and oxygen atoms in total. The lowest BCUT2D eigenvalue weighted by Crippen LogP contribution is -2.28. The molecule has 13 heteroatoms. The molecule has 0 saturated heterocycles. The molecule has 38 heavy (non-hydrogen) atoms. The van der Waals surface area contributed by atoms with E-state index in [0.29, 0.717) is 30.0 Å². The van der Waals surface area contributed by atoms with Crippen molar-refractivity contribution in [2.24, 2.45) is 5.73 Å². The first-order chi connectivity index (χ1) is 18.1. The van der Waals surface area contributed by atoms with Crippen molar-refractivity contribution in [1.29, 1.82) is 0 Å². The fourth-order valence-corrected chi connectivity index (χ4v) is 3.40. The predicted octanol–water partition coefficient (Wildman–Crippen LogP) is 4.96. The summed E-state index contributed by atoms with van der Waals surface area (Å²) in [6.45, 7) is 0.530. The third-order valence-electron chi connectivity index (χ3n) is 5.03. The highest BCUT2D eigenvalue weighted by Gasteiger charge is 2.34. The number of hydrogen-bond donors (Lipinski definition) is 4. The maximum atomic E-state index is 13.3. The van der Waals surface area contributed by atoms with Gasteiger partial charge >= 0.3 is 12.2 Å². The number of alkyl halides is 3. The van der Waals surface area contributed by atoms with Gasteiger partial charge in [0.25, 0.3) is 5.91 Å². The lowest BCUT2D eigenvalue weighted by Gasteiger charge is -2.17. The second kappa shape index (κ2) is 13.0. The lowest BCUT2D eigenvalue weighted by atomic mass is 10.1. The fraction of sp³-hybridized carbons (Fsp3) is 0.240. The minimum atomic E-state index is -4.72. The number of aromatic nitrogens is 1. The minimum Gasteiger partial charge on any atom is -0.491 e. The number of anilines is 1. The van der Waals surface area contributed by atoms with Crippen LogP contribution in [0.1, 0.15) is 28.0 Å². The number of benzene rings is 2. The number of carbonyl (C=O) groups excluding carboxylic acids is 2. The van der Waals surface area contributed by atoms with Gasteiger partial charge in [-0.1, -0.05) is 23.7 Å². The molecule has 0 aliphatic rings. The van der Waals surface area contributed by atoms with E-state index in [0.717, 1.165) is 12.1 Å². The topological polar surface area (TPSA) is 128 Å². The van der Waals surface area contributed by atoms with Gasteiger partial charge in [0.15, 0.2) is 0 Å². The Balaban J connectivity index is 1.63. The summed E-state index contributed by atoms with van der Waals surface area (Å²) in [4.78, 5) is 28.1. The average Bonchev–Trinajstić information content (AvgIpc) is 2.88. The van der Waals surface area contributed by atoms with E-state index in [1.807, 2.05) is 0 Å².